The van der Waals surface area contributed by atoms with Crippen LogP contribution in [0.25, 0.3) is 0 Å². The number of nitrogens with zero attached hydrogens (tertiary/aromatic N) is 2. The number of imidazole rings is 1. The minimum absolute atomic E-state index is 0.00491. The summed E-state index contributed by atoms with van der Waals surface area (Å²) in [6.45, 7) is 10.7. The smallest absolute Gasteiger partial charge is 0.468 e. The van der Waals surface area contributed by atoms with Crippen LogP contribution in [0.15, 0.2) is 53.1 Å². The van der Waals surface area contributed by atoms with E-state index < -0.39 is 38.2 Å². The molecule has 2 aromatic carbocycles. The van der Waals surface area contributed by atoms with E-state index in [0.717, 1.165) is 17.7 Å². The van der Waals surface area contributed by atoms with E-state index in [1.54, 1.807) is 24.3 Å². The average molecular weight is 721 g/mol. The van der Waals surface area contributed by atoms with Gasteiger partial charge in [0, 0.05) is 17.7 Å². The van der Waals surface area contributed by atoms with Gasteiger partial charge in [-0.25, -0.2) is 0 Å². The first kappa shape index (κ1) is 35.4. The molecule has 0 aliphatic rings. The van der Waals surface area contributed by atoms with Crippen LogP contribution in [-0.4, -0.2) is 49.8 Å². The molecule has 3 aromatic rings. The lowest BCUT2D eigenvalue weighted by molar-refractivity contribution is -0.274. The average Bonchev–Trinajstić information content (AvgIpc) is 3.19. The summed E-state index contributed by atoms with van der Waals surface area (Å²) in [6.07, 6.45) is -4.82. The highest BCUT2D eigenvalue weighted by Gasteiger charge is 2.38. The van der Waals surface area contributed by atoms with E-state index in [2.05, 4.69) is 64.8 Å². The van der Waals surface area contributed by atoms with Crippen LogP contribution in [0.3, 0.4) is 0 Å². The molecule has 0 aliphatic heterocycles. The van der Waals surface area contributed by atoms with E-state index in [0.29, 0.717) is 5.02 Å². The molecule has 0 saturated carbocycles. The predicted molar refractivity (Wildman–Crippen MR) is 166 cm³/mol. The van der Waals surface area contributed by atoms with E-state index in [1.807, 2.05) is 0 Å². The molecule has 1 amide bonds. The summed E-state index contributed by atoms with van der Waals surface area (Å²) in [5.41, 5.74) is 0.737. The zero-order valence-electron chi connectivity index (χ0n) is 25.1. The lowest BCUT2D eigenvalue weighted by Gasteiger charge is -2.36. The molecule has 3 rings (SSSR count). The van der Waals surface area contributed by atoms with E-state index in [1.165, 1.54) is 23.8 Å². The van der Waals surface area contributed by atoms with Crippen molar-refractivity contribution in [2.75, 3.05) is 19.0 Å². The third-order valence-electron chi connectivity index (χ3n) is 7.11. The monoisotopic (exact) mass is 719 g/mol. The molecule has 0 aliphatic carbocycles. The van der Waals surface area contributed by atoms with Gasteiger partial charge in [-0.05, 0) is 70.3 Å². The first-order valence-corrected chi connectivity index (χ1v) is 17.5. The molecule has 1 N–H and O–H groups in total. The number of carbonyl (C=O) groups is 2. The third-order valence-corrected chi connectivity index (χ3v) is 12.5. The minimum atomic E-state index is -4.89. The van der Waals surface area contributed by atoms with Crippen LogP contribution in [0.2, 0.25) is 23.2 Å². The van der Waals surface area contributed by atoms with Gasteiger partial charge in [0.25, 0.3) is 0 Å². The highest BCUT2D eigenvalue weighted by Crippen LogP contribution is 2.37. The Hall–Kier alpha value is -3.07. The van der Waals surface area contributed by atoms with Crippen LogP contribution in [0.4, 0.5) is 19.0 Å². The molecule has 44 heavy (non-hydrogen) atoms. The maximum absolute atomic E-state index is 13.5. The summed E-state index contributed by atoms with van der Waals surface area (Å²) in [7, 11) is -0.950. The molecular weight excluding hydrogens is 687 g/mol. The molecule has 0 saturated heterocycles. The van der Waals surface area contributed by atoms with Gasteiger partial charge in [0.05, 0.1) is 13.7 Å². The largest absolute Gasteiger partial charge is 0.573 e. The van der Waals surface area contributed by atoms with Gasteiger partial charge >= 0.3 is 18.3 Å². The number of halogens is 5. The zero-order valence-corrected chi connectivity index (χ0v) is 28.4. The van der Waals surface area contributed by atoms with Crippen LogP contribution in [0, 0.1) is 5.92 Å². The topological polar surface area (TPSA) is 101 Å². The molecule has 0 fully saturated rings. The number of aromatic nitrogens is 2. The number of rotatable bonds is 12. The molecule has 240 valence electrons. The van der Waals surface area contributed by atoms with Crippen LogP contribution >= 0.6 is 27.5 Å². The Morgan fingerprint density at radius 2 is 1.73 bits per heavy atom. The molecule has 1 aromatic heterocycles. The number of hydrogen-bond donors (Lipinski definition) is 1. The van der Waals surface area contributed by atoms with Crippen LogP contribution < -0.4 is 14.8 Å². The Morgan fingerprint density at radius 3 is 2.32 bits per heavy atom. The highest BCUT2D eigenvalue weighted by atomic mass is 79.9. The molecule has 9 nitrogen and oxygen atoms in total. The standard InChI is InChI=1S/C29H34BrClF3N3O6Si/c1-28(2,3)44(5,6)41-15-14-22(26(39)40-4)25(38)36-24-23(30)35-27(37(24)17-18-10-12-19(31)13-11-18)42-20-8-7-9-21(16-20)43-29(32,33)34/h7-13,16,22H,14-15,17H2,1-6H3,(H,36,38). The van der Waals surface area contributed by atoms with Crippen molar-refractivity contribution in [3.8, 4) is 17.5 Å². The van der Waals surface area contributed by atoms with Crippen LogP contribution in [-0.2, 0) is 25.3 Å². The first-order valence-electron chi connectivity index (χ1n) is 13.5. The second kappa shape index (κ2) is 14.4. The van der Waals surface area contributed by atoms with Gasteiger partial charge in [-0.1, -0.05) is 50.6 Å². The highest BCUT2D eigenvalue weighted by molar-refractivity contribution is 9.10. The number of hydrogen-bond acceptors (Lipinski definition) is 7. The third kappa shape index (κ3) is 9.71. The number of carbonyl (C=O) groups excluding carboxylic acids is 2. The van der Waals surface area contributed by atoms with Crippen molar-refractivity contribution in [2.24, 2.45) is 5.92 Å². The molecule has 15 heteroatoms. The Labute approximate surface area is 268 Å². The lowest BCUT2D eigenvalue weighted by atomic mass is 10.1. The number of amides is 1. The molecular formula is C29H34BrClF3N3O6Si. The van der Waals surface area contributed by atoms with Gasteiger partial charge < -0.3 is 24.0 Å². The Balaban J connectivity index is 1.93. The van der Waals surface area contributed by atoms with E-state index in [9.17, 15) is 22.8 Å². The van der Waals surface area contributed by atoms with E-state index in [-0.39, 0.29) is 46.8 Å². The summed E-state index contributed by atoms with van der Waals surface area (Å²) in [5, 5.41) is 3.18. The van der Waals surface area contributed by atoms with Crippen molar-refractivity contribution in [3.05, 3.63) is 63.7 Å². The predicted octanol–water partition coefficient (Wildman–Crippen LogP) is 8.18. The number of alkyl halides is 3. The number of methoxy groups -OCH3 is 1. The van der Waals surface area contributed by atoms with Crippen LogP contribution in [0.5, 0.6) is 17.5 Å². The molecule has 0 spiro atoms. The summed E-state index contributed by atoms with van der Waals surface area (Å²) in [4.78, 5) is 30.5. The maximum atomic E-state index is 13.5. The normalized spacial score (nSPS) is 12.9. The molecule has 1 heterocycles. The van der Waals surface area contributed by atoms with Crippen molar-refractivity contribution >= 4 is 53.5 Å². The number of esters is 1. The van der Waals surface area contributed by atoms with Crippen molar-refractivity contribution in [1.82, 2.24) is 9.55 Å². The number of nitrogens with one attached hydrogen (secondary N) is 1. The molecule has 0 bridgehead atoms. The van der Waals surface area contributed by atoms with Crippen LogP contribution in [0.1, 0.15) is 32.8 Å². The SMILES string of the molecule is COC(=O)C(CCO[Si](C)(C)C(C)(C)C)C(=O)Nc1c(Br)nc(Oc2cccc(OC(F)(F)F)c2)n1Cc1ccc(Cl)cc1. The summed E-state index contributed by atoms with van der Waals surface area (Å²) < 4.78 is 60.9. The van der Waals surface area contributed by atoms with Gasteiger partial charge in [0.15, 0.2) is 18.7 Å². The first-order chi connectivity index (χ1) is 20.4. The lowest BCUT2D eigenvalue weighted by Crippen LogP contribution is -2.42. The molecule has 1 unspecified atom stereocenters. The summed E-state index contributed by atoms with van der Waals surface area (Å²) in [5.74, 6) is -2.95. The number of benzene rings is 2. The summed E-state index contributed by atoms with van der Waals surface area (Å²) >= 11 is 9.38. The van der Waals surface area contributed by atoms with Gasteiger partial charge in [-0.2, -0.15) is 4.98 Å². The van der Waals surface area contributed by atoms with Crippen molar-refractivity contribution in [3.63, 3.8) is 0 Å². The second-order valence-electron chi connectivity index (χ2n) is 11.3. The van der Waals surface area contributed by atoms with E-state index >= 15 is 0 Å². The Kier molecular flexibility index (Phi) is 11.5. The zero-order chi connectivity index (χ0) is 32.9. The molecule has 0 radical (unpaired) electrons. The van der Waals surface area contributed by atoms with Crippen molar-refractivity contribution in [1.29, 1.82) is 0 Å². The number of ether oxygens (including phenoxy) is 3. The second-order valence-corrected chi connectivity index (χ2v) is 17.3. The van der Waals surface area contributed by atoms with Gasteiger partial charge in [0.2, 0.25) is 5.91 Å². The van der Waals surface area contributed by atoms with Crippen molar-refractivity contribution < 1.29 is 41.4 Å². The summed E-state index contributed by atoms with van der Waals surface area (Å²) in [6, 6.07) is 11.7. The maximum Gasteiger partial charge on any atom is 0.573 e. The fourth-order valence-electron chi connectivity index (χ4n) is 3.71. The minimum Gasteiger partial charge on any atom is -0.468 e. The Morgan fingerprint density at radius 1 is 1.09 bits per heavy atom. The van der Waals surface area contributed by atoms with Gasteiger partial charge in [0.1, 0.15) is 17.4 Å². The Bertz CT molecular complexity index is 1460. The fourth-order valence-corrected chi connectivity index (χ4v) is 5.36. The fraction of sp³-hybridized carbons (Fsp3) is 0.414. The van der Waals surface area contributed by atoms with Crippen molar-refractivity contribution in [2.45, 2.75) is 58.2 Å². The quantitative estimate of drug-likeness (QED) is 0.114. The van der Waals surface area contributed by atoms with E-state index in [4.69, 9.17) is 25.5 Å². The molecule has 1 atom stereocenters. The van der Waals surface area contributed by atoms with Gasteiger partial charge in [-0.15, -0.1) is 13.2 Å². The van der Waals surface area contributed by atoms with Gasteiger partial charge in [-0.3, -0.25) is 14.2 Å². The number of anilines is 1.